The molecule has 138 valence electrons. The molecular weight excluding hydrogens is 361 g/mol. The van der Waals surface area contributed by atoms with Gasteiger partial charge in [0.15, 0.2) is 0 Å². The van der Waals surface area contributed by atoms with Crippen molar-refractivity contribution in [2.75, 3.05) is 11.9 Å². The third-order valence-corrected chi connectivity index (χ3v) is 4.90. The molecule has 0 spiro atoms. The maximum atomic E-state index is 13.3. The fourth-order valence-corrected chi connectivity index (χ4v) is 3.47. The van der Waals surface area contributed by atoms with Gasteiger partial charge in [-0.2, -0.15) is 0 Å². The van der Waals surface area contributed by atoms with Crippen molar-refractivity contribution < 1.29 is 13.9 Å². The molecule has 0 aliphatic rings. The molecule has 0 aliphatic heterocycles. The Bertz CT molecular complexity index is 915. The first kappa shape index (κ1) is 19.0. The lowest BCUT2D eigenvalue weighted by Gasteiger charge is -2.12. The van der Waals surface area contributed by atoms with E-state index < -0.39 is 0 Å². The summed E-state index contributed by atoms with van der Waals surface area (Å²) in [6.07, 6.45) is 0. The number of benzene rings is 3. The molecule has 0 heterocycles. The van der Waals surface area contributed by atoms with Crippen molar-refractivity contribution in [1.82, 2.24) is 0 Å². The zero-order valence-electron chi connectivity index (χ0n) is 14.9. The Hall–Kier alpha value is -2.79. The van der Waals surface area contributed by atoms with E-state index in [9.17, 15) is 9.18 Å². The highest BCUT2D eigenvalue weighted by atomic mass is 32.2. The highest BCUT2D eigenvalue weighted by Crippen LogP contribution is 2.29. The van der Waals surface area contributed by atoms with Crippen LogP contribution in [-0.2, 0) is 5.75 Å². The number of thioether (sulfide) groups is 1. The molecule has 27 heavy (non-hydrogen) atoms. The largest absolute Gasteiger partial charge is 0.494 e. The van der Waals surface area contributed by atoms with Crippen LogP contribution in [0.5, 0.6) is 5.75 Å². The Morgan fingerprint density at radius 2 is 1.85 bits per heavy atom. The van der Waals surface area contributed by atoms with Crippen LogP contribution in [0.1, 0.15) is 22.8 Å². The van der Waals surface area contributed by atoms with Gasteiger partial charge in [-0.25, -0.2) is 4.39 Å². The quantitative estimate of drug-likeness (QED) is 0.528. The standard InChI is InChI=1S/C22H20FNO2S/c1-2-26-21-12-11-16(22(25)24-19-8-6-7-18(23)14-19)13-17(21)15-27-20-9-4-3-5-10-20/h3-14H,2,15H2,1H3,(H,24,25). The third kappa shape index (κ3) is 5.34. The minimum absolute atomic E-state index is 0.283. The second-order valence-electron chi connectivity index (χ2n) is 5.82. The summed E-state index contributed by atoms with van der Waals surface area (Å²) in [6.45, 7) is 2.48. The summed E-state index contributed by atoms with van der Waals surface area (Å²) in [5, 5.41) is 2.72. The topological polar surface area (TPSA) is 38.3 Å². The normalized spacial score (nSPS) is 10.4. The average molecular weight is 381 g/mol. The van der Waals surface area contributed by atoms with Crippen molar-refractivity contribution in [3.05, 3.63) is 89.7 Å². The van der Waals surface area contributed by atoms with Gasteiger partial charge in [0, 0.05) is 27.5 Å². The van der Waals surface area contributed by atoms with Crippen molar-refractivity contribution in [3.63, 3.8) is 0 Å². The van der Waals surface area contributed by atoms with Crippen LogP contribution in [0.4, 0.5) is 10.1 Å². The number of nitrogens with one attached hydrogen (secondary N) is 1. The molecule has 3 rings (SSSR count). The first-order valence-electron chi connectivity index (χ1n) is 8.66. The van der Waals surface area contributed by atoms with E-state index >= 15 is 0 Å². The Labute approximate surface area is 162 Å². The average Bonchev–Trinajstić information content (AvgIpc) is 2.68. The second-order valence-corrected chi connectivity index (χ2v) is 6.87. The van der Waals surface area contributed by atoms with E-state index in [0.717, 1.165) is 16.2 Å². The summed E-state index contributed by atoms with van der Waals surface area (Å²) in [7, 11) is 0. The Morgan fingerprint density at radius 3 is 2.59 bits per heavy atom. The summed E-state index contributed by atoms with van der Waals surface area (Å²) in [5.41, 5.74) is 1.87. The number of anilines is 1. The molecule has 1 N–H and O–H groups in total. The van der Waals surface area contributed by atoms with Gasteiger partial charge in [-0.05, 0) is 55.5 Å². The predicted octanol–water partition coefficient (Wildman–Crippen LogP) is 5.77. The van der Waals surface area contributed by atoms with Crippen LogP contribution in [-0.4, -0.2) is 12.5 Å². The molecule has 0 saturated heterocycles. The summed E-state index contributed by atoms with van der Waals surface area (Å²) in [6, 6.07) is 21.3. The van der Waals surface area contributed by atoms with Gasteiger partial charge < -0.3 is 10.1 Å². The van der Waals surface area contributed by atoms with Gasteiger partial charge in [0.25, 0.3) is 5.91 Å². The van der Waals surface area contributed by atoms with Crippen molar-refractivity contribution in [1.29, 1.82) is 0 Å². The number of ether oxygens (including phenoxy) is 1. The van der Waals surface area contributed by atoms with E-state index in [0.29, 0.717) is 23.6 Å². The van der Waals surface area contributed by atoms with Crippen LogP contribution in [0.15, 0.2) is 77.7 Å². The Balaban J connectivity index is 1.78. The summed E-state index contributed by atoms with van der Waals surface area (Å²) < 4.78 is 19.0. The molecule has 3 aromatic carbocycles. The minimum atomic E-state index is -0.389. The number of carbonyl (C=O) groups excluding carboxylic acids is 1. The number of carbonyl (C=O) groups is 1. The van der Waals surface area contributed by atoms with Crippen molar-refractivity contribution in [3.8, 4) is 5.75 Å². The van der Waals surface area contributed by atoms with E-state index in [-0.39, 0.29) is 11.7 Å². The zero-order valence-corrected chi connectivity index (χ0v) is 15.8. The van der Waals surface area contributed by atoms with Crippen LogP contribution in [0.3, 0.4) is 0 Å². The lowest BCUT2D eigenvalue weighted by molar-refractivity contribution is 0.102. The smallest absolute Gasteiger partial charge is 0.255 e. The number of hydrogen-bond donors (Lipinski definition) is 1. The SMILES string of the molecule is CCOc1ccc(C(=O)Nc2cccc(F)c2)cc1CSc1ccccc1. The van der Waals surface area contributed by atoms with Crippen LogP contribution < -0.4 is 10.1 Å². The summed E-state index contributed by atoms with van der Waals surface area (Å²) in [5.74, 6) is 0.776. The van der Waals surface area contributed by atoms with Gasteiger partial charge in [0.05, 0.1) is 6.61 Å². The maximum Gasteiger partial charge on any atom is 0.255 e. The molecular formula is C22H20FNO2S. The van der Waals surface area contributed by atoms with Crippen LogP contribution >= 0.6 is 11.8 Å². The fourth-order valence-electron chi connectivity index (χ4n) is 2.58. The molecule has 3 aromatic rings. The molecule has 0 atom stereocenters. The molecule has 5 heteroatoms. The molecule has 0 radical (unpaired) electrons. The predicted molar refractivity (Wildman–Crippen MR) is 108 cm³/mol. The van der Waals surface area contributed by atoms with E-state index in [4.69, 9.17) is 4.74 Å². The lowest BCUT2D eigenvalue weighted by Crippen LogP contribution is -2.12. The summed E-state index contributed by atoms with van der Waals surface area (Å²) in [4.78, 5) is 13.7. The first-order chi connectivity index (χ1) is 13.2. The Morgan fingerprint density at radius 1 is 1.04 bits per heavy atom. The molecule has 3 nitrogen and oxygen atoms in total. The molecule has 0 saturated carbocycles. The molecule has 0 aliphatic carbocycles. The van der Waals surface area contributed by atoms with Crippen LogP contribution in [0.25, 0.3) is 0 Å². The van der Waals surface area contributed by atoms with Crippen LogP contribution in [0.2, 0.25) is 0 Å². The second kappa shape index (κ2) is 9.24. The zero-order chi connectivity index (χ0) is 19.1. The summed E-state index contributed by atoms with van der Waals surface area (Å²) >= 11 is 1.68. The van der Waals surface area contributed by atoms with Crippen molar-refractivity contribution in [2.45, 2.75) is 17.6 Å². The molecule has 1 amide bonds. The molecule has 0 fully saturated rings. The van der Waals surface area contributed by atoms with Gasteiger partial charge in [-0.3, -0.25) is 4.79 Å². The van der Waals surface area contributed by atoms with Crippen LogP contribution in [0, 0.1) is 5.82 Å². The van der Waals surface area contributed by atoms with E-state index in [1.807, 2.05) is 49.4 Å². The van der Waals surface area contributed by atoms with Gasteiger partial charge in [0.2, 0.25) is 0 Å². The maximum absolute atomic E-state index is 13.3. The number of rotatable bonds is 7. The number of halogens is 1. The monoisotopic (exact) mass is 381 g/mol. The number of amides is 1. The van der Waals surface area contributed by atoms with Gasteiger partial charge in [0.1, 0.15) is 11.6 Å². The van der Waals surface area contributed by atoms with Gasteiger partial charge >= 0.3 is 0 Å². The molecule has 0 aromatic heterocycles. The minimum Gasteiger partial charge on any atom is -0.494 e. The lowest BCUT2D eigenvalue weighted by atomic mass is 10.1. The third-order valence-electron chi connectivity index (χ3n) is 3.84. The highest BCUT2D eigenvalue weighted by molar-refractivity contribution is 7.98. The van der Waals surface area contributed by atoms with E-state index in [1.165, 1.54) is 12.1 Å². The fraction of sp³-hybridized carbons (Fsp3) is 0.136. The first-order valence-corrected chi connectivity index (χ1v) is 9.65. The number of hydrogen-bond acceptors (Lipinski definition) is 3. The van der Waals surface area contributed by atoms with Gasteiger partial charge in [-0.15, -0.1) is 11.8 Å². The van der Waals surface area contributed by atoms with E-state index in [2.05, 4.69) is 5.32 Å². The molecule has 0 unspecified atom stereocenters. The highest BCUT2D eigenvalue weighted by Gasteiger charge is 2.12. The van der Waals surface area contributed by atoms with Crippen molar-refractivity contribution in [2.24, 2.45) is 0 Å². The Kier molecular flexibility index (Phi) is 6.49. The van der Waals surface area contributed by atoms with Gasteiger partial charge in [-0.1, -0.05) is 24.3 Å². The molecule has 0 bridgehead atoms. The van der Waals surface area contributed by atoms with Crippen molar-refractivity contribution >= 4 is 23.4 Å². The van der Waals surface area contributed by atoms with E-state index in [1.54, 1.807) is 30.0 Å².